The highest BCUT2D eigenvalue weighted by molar-refractivity contribution is 6.22. The Kier molecular flexibility index (Phi) is 15.3. The second kappa shape index (κ2) is 18.5. The van der Waals surface area contributed by atoms with Crippen LogP contribution < -0.4 is 15.4 Å². The quantitative estimate of drug-likeness (QED) is 0.183. The van der Waals surface area contributed by atoms with Gasteiger partial charge >= 0.3 is 42.5 Å². The van der Waals surface area contributed by atoms with Gasteiger partial charge in [0.05, 0.1) is 5.52 Å². The Morgan fingerprint density at radius 2 is 1.18 bits per heavy atom. The summed E-state index contributed by atoms with van der Waals surface area (Å²) in [5, 5.41) is 27.0. The summed E-state index contributed by atoms with van der Waals surface area (Å²) in [6.07, 6.45) is -15.3. The van der Waals surface area contributed by atoms with E-state index in [1.807, 2.05) is 49.2 Å². The number of carboxylic acids is 3. The number of benzene rings is 2. The molecule has 0 spiro atoms. The Balaban J connectivity index is 0.000000423. The van der Waals surface area contributed by atoms with Crippen LogP contribution in [0.15, 0.2) is 54.6 Å². The number of nitrogens with one attached hydrogen (secondary N) is 2. The molecule has 4 amide bonds. The molecule has 306 valence electrons. The van der Waals surface area contributed by atoms with E-state index in [1.165, 1.54) is 0 Å². The number of rotatable bonds is 5. The maximum Gasteiger partial charge on any atom is 0.490 e. The predicted octanol–water partition coefficient (Wildman–Crippen LogP) is 3.83. The SMILES string of the molecule is Cc1cc(COc2ccc(C3(N4CCN(C)CC4)C(=O)NC(=O)NC3=O)cc2)c2ccccc2n1.O=C(O)C(F)(F)F.O=C(O)C(F)(F)F.O=C(O)C(F)(F)F. The predicted molar refractivity (Wildman–Crippen MR) is 171 cm³/mol. The molecule has 2 aliphatic heterocycles. The van der Waals surface area contributed by atoms with Gasteiger partial charge in [-0.3, -0.25) is 30.1 Å². The highest BCUT2D eigenvalue weighted by atomic mass is 19.4. The average Bonchev–Trinajstić information content (AvgIpc) is 3.08. The number of pyridine rings is 1. The topological polar surface area (TPSA) is 216 Å². The zero-order valence-corrected chi connectivity index (χ0v) is 28.7. The maximum atomic E-state index is 13.2. The molecular weight excluding hydrogens is 785 g/mol. The Morgan fingerprint density at radius 1 is 0.750 bits per heavy atom. The normalized spacial score (nSPS) is 16.0. The van der Waals surface area contributed by atoms with Crippen LogP contribution in [0.3, 0.4) is 0 Å². The van der Waals surface area contributed by atoms with Crippen molar-refractivity contribution in [1.29, 1.82) is 0 Å². The summed E-state index contributed by atoms with van der Waals surface area (Å²) in [7, 11) is 1.99. The van der Waals surface area contributed by atoms with E-state index in [1.54, 1.807) is 24.3 Å². The smallest absolute Gasteiger partial charge is 0.489 e. The number of fused-ring (bicyclic) bond motifs is 1. The highest BCUT2D eigenvalue weighted by Crippen LogP contribution is 2.34. The summed E-state index contributed by atoms with van der Waals surface area (Å²) in [6, 6.07) is 16.1. The summed E-state index contributed by atoms with van der Waals surface area (Å²) in [4.78, 5) is 73.4. The number of likely N-dealkylation sites (N-methyl/N-ethyl adjacent to an activating group) is 1. The minimum absolute atomic E-state index is 0.350. The number of alkyl halides is 9. The van der Waals surface area contributed by atoms with Gasteiger partial charge in [0, 0.05) is 42.8 Å². The molecule has 0 bridgehead atoms. The first-order valence-electron chi connectivity index (χ1n) is 15.3. The van der Waals surface area contributed by atoms with Crippen LogP contribution in [0, 0.1) is 6.92 Å². The summed E-state index contributed by atoms with van der Waals surface area (Å²) < 4.78 is 101. The molecule has 2 fully saturated rings. The van der Waals surface area contributed by atoms with Gasteiger partial charge in [-0.2, -0.15) is 39.5 Å². The molecule has 0 atom stereocenters. The first kappa shape index (κ1) is 46.1. The molecule has 2 saturated heterocycles. The molecule has 0 aliphatic carbocycles. The highest BCUT2D eigenvalue weighted by Gasteiger charge is 2.56. The average molecular weight is 816 g/mol. The number of halogens is 9. The minimum atomic E-state index is -5.08. The van der Waals surface area contributed by atoms with Gasteiger partial charge in [-0.25, -0.2) is 19.2 Å². The number of para-hydroxylation sites is 1. The Morgan fingerprint density at radius 3 is 1.61 bits per heavy atom. The molecule has 2 aliphatic rings. The second-order valence-corrected chi connectivity index (χ2v) is 11.4. The lowest BCUT2D eigenvalue weighted by atomic mass is 9.84. The number of carbonyl (C=O) groups is 6. The molecule has 24 heteroatoms. The molecule has 56 heavy (non-hydrogen) atoms. The second-order valence-electron chi connectivity index (χ2n) is 11.4. The molecule has 0 unspecified atom stereocenters. The molecular formula is C32H30F9N5O10. The summed E-state index contributed by atoms with van der Waals surface area (Å²) in [5.41, 5.74) is 1.72. The van der Waals surface area contributed by atoms with Crippen molar-refractivity contribution in [2.45, 2.75) is 37.6 Å². The first-order chi connectivity index (χ1) is 25.7. The monoisotopic (exact) mass is 815 g/mol. The van der Waals surface area contributed by atoms with Gasteiger partial charge < -0.3 is 25.0 Å². The van der Waals surface area contributed by atoms with Gasteiger partial charge in [-0.15, -0.1) is 0 Å². The van der Waals surface area contributed by atoms with Crippen molar-refractivity contribution >= 4 is 46.7 Å². The number of carboxylic acid groups (broad SMARTS) is 3. The van der Waals surface area contributed by atoms with Gasteiger partial charge in [0.1, 0.15) is 12.4 Å². The minimum Gasteiger partial charge on any atom is -0.489 e. The van der Waals surface area contributed by atoms with Crippen molar-refractivity contribution < 1.29 is 88.3 Å². The van der Waals surface area contributed by atoms with Crippen LogP contribution in [-0.4, -0.2) is 118 Å². The van der Waals surface area contributed by atoms with Crippen molar-refractivity contribution in [2.24, 2.45) is 0 Å². The van der Waals surface area contributed by atoms with Crippen molar-refractivity contribution in [3.05, 3.63) is 71.4 Å². The number of carbonyl (C=O) groups excluding carboxylic acids is 3. The molecule has 15 nitrogen and oxygen atoms in total. The molecule has 3 heterocycles. The lowest BCUT2D eigenvalue weighted by molar-refractivity contribution is -0.193. The summed E-state index contributed by atoms with van der Waals surface area (Å²) in [6.45, 7) is 4.74. The third-order valence-electron chi connectivity index (χ3n) is 7.41. The van der Waals surface area contributed by atoms with Crippen molar-refractivity contribution in [3.63, 3.8) is 0 Å². The number of barbiturate groups is 1. The number of aromatic nitrogens is 1. The largest absolute Gasteiger partial charge is 0.490 e. The lowest BCUT2D eigenvalue weighted by Crippen LogP contribution is -2.72. The number of ether oxygens (including phenoxy) is 1. The van der Waals surface area contributed by atoms with Crippen LogP contribution in [0.5, 0.6) is 5.75 Å². The Bertz CT molecular complexity index is 1840. The van der Waals surface area contributed by atoms with Gasteiger partial charge in [0.2, 0.25) is 5.54 Å². The van der Waals surface area contributed by atoms with Crippen molar-refractivity contribution in [1.82, 2.24) is 25.4 Å². The molecule has 5 N–H and O–H groups in total. The number of amides is 4. The first-order valence-corrected chi connectivity index (χ1v) is 15.3. The number of nitrogens with zero attached hydrogens (tertiary/aromatic N) is 3. The molecule has 1 aromatic heterocycles. The number of aliphatic carboxylic acids is 3. The van der Waals surface area contributed by atoms with E-state index in [4.69, 9.17) is 34.4 Å². The number of aryl methyl sites for hydroxylation is 1. The van der Waals surface area contributed by atoms with Crippen LogP contribution >= 0.6 is 0 Å². The van der Waals surface area contributed by atoms with Crippen molar-refractivity contribution in [2.75, 3.05) is 33.2 Å². The molecule has 0 saturated carbocycles. The van der Waals surface area contributed by atoms with E-state index in [9.17, 15) is 53.9 Å². The van der Waals surface area contributed by atoms with Gasteiger partial charge in [0.15, 0.2) is 0 Å². The van der Waals surface area contributed by atoms with E-state index in [-0.39, 0.29) is 0 Å². The number of imide groups is 2. The van der Waals surface area contributed by atoms with Crippen LogP contribution in [0.25, 0.3) is 10.9 Å². The van der Waals surface area contributed by atoms with Crippen LogP contribution in [0.2, 0.25) is 0 Å². The Labute approximate surface area is 308 Å². The van der Waals surface area contributed by atoms with E-state index >= 15 is 0 Å². The van der Waals surface area contributed by atoms with Gasteiger partial charge in [0.25, 0.3) is 11.8 Å². The number of hydrogen-bond donors (Lipinski definition) is 5. The molecule has 0 radical (unpaired) electrons. The number of hydrogen-bond acceptors (Lipinski definition) is 10. The zero-order chi connectivity index (χ0) is 42.8. The van der Waals surface area contributed by atoms with Gasteiger partial charge in [-0.1, -0.05) is 30.3 Å². The maximum absolute atomic E-state index is 13.2. The van der Waals surface area contributed by atoms with Crippen LogP contribution in [0.1, 0.15) is 16.8 Å². The van der Waals surface area contributed by atoms with E-state index in [0.29, 0.717) is 44.1 Å². The lowest BCUT2D eigenvalue weighted by Gasteiger charge is -2.46. The fourth-order valence-electron chi connectivity index (χ4n) is 4.86. The number of urea groups is 1. The van der Waals surface area contributed by atoms with Crippen molar-refractivity contribution in [3.8, 4) is 5.75 Å². The van der Waals surface area contributed by atoms with E-state index < -0.39 is 59.8 Å². The zero-order valence-electron chi connectivity index (χ0n) is 28.7. The summed E-state index contributed by atoms with van der Waals surface area (Å²) >= 11 is 0. The fraction of sp³-hybridized carbons (Fsp3) is 0.344. The standard InChI is InChI=1S/C26H27N5O4.3C2HF3O2/c1-17-15-18(21-5-3-4-6-22(21)27-17)16-35-20-9-7-19(8-10-20)26(31-13-11-30(2)12-14-31)23(32)28-25(34)29-24(26)33;3*3-2(4,5)1(6)7/h3-10,15H,11-14,16H2,1-2H3,(H2,28,29,32,33,34);3*(H,6,7). The van der Waals surface area contributed by atoms with Gasteiger partial charge in [-0.05, 0) is 43.8 Å². The number of piperazine rings is 1. The summed E-state index contributed by atoms with van der Waals surface area (Å²) in [5.74, 6) is -8.94. The Hall–Kier alpha value is -6.04. The van der Waals surface area contributed by atoms with E-state index in [0.717, 1.165) is 22.2 Å². The molecule has 3 aromatic rings. The van der Waals surface area contributed by atoms with Crippen LogP contribution in [0.4, 0.5) is 44.3 Å². The van der Waals surface area contributed by atoms with Crippen LogP contribution in [-0.2, 0) is 36.1 Å². The van der Waals surface area contributed by atoms with E-state index in [2.05, 4.69) is 20.5 Å². The molecule has 5 rings (SSSR count). The third-order valence-corrected chi connectivity index (χ3v) is 7.41. The third kappa shape index (κ3) is 12.5. The molecule has 2 aromatic carbocycles. The fourth-order valence-corrected chi connectivity index (χ4v) is 4.86.